The Hall–Kier alpha value is -2.22. The van der Waals surface area contributed by atoms with Gasteiger partial charge in [0, 0.05) is 29.4 Å². The lowest BCUT2D eigenvalue weighted by molar-refractivity contribution is -0.121. The standard InChI is InChI=1S/C25H29ClN4O2S/c26-18-7-5-6-17(14-18)20(29-11-3-4-12-29)15-27-22(31)10-13-30-16-28-24-23(25(30)32)19-8-1-2-9-21(19)33-24/h5-7,14,16,20H,1-4,8-13,15H2,(H,27,31). The zero-order valence-corrected chi connectivity index (χ0v) is 20.3. The molecule has 1 amide bonds. The third kappa shape index (κ3) is 4.86. The minimum absolute atomic E-state index is 0.0129. The van der Waals surface area contributed by atoms with E-state index in [1.807, 2.05) is 18.2 Å². The predicted molar refractivity (Wildman–Crippen MR) is 133 cm³/mol. The van der Waals surface area contributed by atoms with Gasteiger partial charge in [-0.25, -0.2) is 4.98 Å². The monoisotopic (exact) mass is 484 g/mol. The highest BCUT2D eigenvalue weighted by Crippen LogP contribution is 2.33. The van der Waals surface area contributed by atoms with Crippen molar-refractivity contribution in [3.8, 4) is 0 Å². The van der Waals surface area contributed by atoms with Crippen molar-refractivity contribution in [2.45, 2.75) is 57.5 Å². The number of carbonyl (C=O) groups excluding carboxylic acids is 1. The van der Waals surface area contributed by atoms with Gasteiger partial charge in [0.15, 0.2) is 0 Å². The number of nitrogens with zero attached hydrogens (tertiary/aromatic N) is 3. The zero-order chi connectivity index (χ0) is 22.8. The summed E-state index contributed by atoms with van der Waals surface area (Å²) in [6, 6.07) is 7.99. The second kappa shape index (κ2) is 9.95. The Balaban J connectivity index is 1.25. The number of carbonyl (C=O) groups is 1. The molecule has 1 aliphatic carbocycles. The van der Waals surface area contributed by atoms with Crippen molar-refractivity contribution < 1.29 is 4.79 Å². The molecular weight excluding hydrogens is 456 g/mol. The second-order valence-electron chi connectivity index (χ2n) is 9.00. The summed E-state index contributed by atoms with van der Waals surface area (Å²) in [5.74, 6) is -0.0550. The highest BCUT2D eigenvalue weighted by Gasteiger charge is 2.24. The average Bonchev–Trinajstić information content (AvgIpc) is 3.47. The normalized spacial score (nSPS) is 17.2. The van der Waals surface area contributed by atoms with Crippen molar-refractivity contribution >= 4 is 39.1 Å². The number of aromatic nitrogens is 2. The van der Waals surface area contributed by atoms with Crippen LogP contribution in [0.15, 0.2) is 35.4 Å². The third-order valence-corrected chi connectivity index (χ3v) is 8.26. The molecule has 0 saturated carbocycles. The zero-order valence-electron chi connectivity index (χ0n) is 18.7. The van der Waals surface area contributed by atoms with Crippen molar-refractivity contribution in [1.82, 2.24) is 19.8 Å². The van der Waals surface area contributed by atoms with Crippen molar-refractivity contribution in [1.29, 1.82) is 0 Å². The van der Waals surface area contributed by atoms with Gasteiger partial charge in [-0.1, -0.05) is 23.7 Å². The van der Waals surface area contributed by atoms with Crippen molar-refractivity contribution in [2.24, 2.45) is 0 Å². The topological polar surface area (TPSA) is 67.2 Å². The maximum atomic E-state index is 13.1. The number of hydrogen-bond donors (Lipinski definition) is 1. The molecule has 1 atom stereocenters. The molecule has 0 bridgehead atoms. The number of hydrogen-bond acceptors (Lipinski definition) is 5. The fraction of sp³-hybridized carbons (Fsp3) is 0.480. The Kier molecular flexibility index (Phi) is 6.81. The van der Waals surface area contributed by atoms with E-state index in [4.69, 9.17) is 11.6 Å². The van der Waals surface area contributed by atoms with E-state index in [1.165, 1.54) is 29.7 Å². The van der Waals surface area contributed by atoms with Crippen LogP contribution in [0, 0.1) is 0 Å². The number of nitrogens with one attached hydrogen (secondary N) is 1. The summed E-state index contributed by atoms with van der Waals surface area (Å²) >= 11 is 7.88. The smallest absolute Gasteiger partial charge is 0.262 e. The summed E-state index contributed by atoms with van der Waals surface area (Å²) < 4.78 is 1.60. The maximum absolute atomic E-state index is 13.1. The molecule has 1 aliphatic heterocycles. The molecule has 1 aromatic carbocycles. The van der Waals surface area contributed by atoms with Crippen LogP contribution in [0.3, 0.4) is 0 Å². The van der Waals surface area contributed by atoms with E-state index >= 15 is 0 Å². The molecule has 3 aromatic rings. The molecule has 0 radical (unpaired) electrons. The molecule has 5 rings (SSSR count). The first-order valence-electron chi connectivity index (χ1n) is 11.9. The van der Waals surface area contributed by atoms with Crippen molar-refractivity contribution in [3.63, 3.8) is 0 Å². The van der Waals surface area contributed by atoms with Crippen LogP contribution in [-0.2, 0) is 24.2 Å². The van der Waals surface area contributed by atoms with Crippen LogP contribution in [0.1, 0.15) is 54.1 Å². The number of rotatable bonds is 7. The number of amides is 1. The van der Waals surface area contributed by atoms with E-state index in [9.17, 15) is 9.59 Å². The summed E-state index contributed by atoms with van der Waals surface area (Å²) in [4.78, 5) is 34.9. The molecule has 0 spiro atoms. The molecule has 2 aliphatic rings. The lowest BCUT2D eigenvalue weighted by atomic mass is 9.97. The summed E-state index contributed by atoms with van der Waals surface area (Å²) in [6.45, 7) is 2.92. The molecule has 174 valence electrons. The van der Waals surface area contributed by atoms with E-state index in [1.54, 1.807) is 22.2 Å². The van der Waals surface area contributed by atoms with Gasteiger partial charge in [-0.15, -0.1) is 11.3 Å². The van der Waals surface area contributed by atoms with Crippen LogP contribution < -0.4 is 10.9 Å². The summed E-state index contributed by atoms with van der Waals surface area (Å²) in [5, 5.41) is 4.57. The minimum Gasteiger partial charge on any atom is -0.354 e. The van der Waals surface area contributed by atoms with E-state index in [0.29, 0.717) is 18.1 Å². The van der Waals surface area contributed by atoms with E-state index in [-0.39, 0.29) is 23.9 Å². The Bertz CT molecular complexity index is 1210. The first kappa shape index (κ1) is 22.6. The summed E-state index contributed by atoms with van der Waals surface area (Å²) in [6.07, 6.45) is 8.51. The lowest BCUT2D eigenvalue weighted by Gasteiger charge is -2.28. The number of benzene rings is 1. The lowest BCUT2D eigenvalue weighted by Crippen LogP contribution is -2.37. The molecule has 1 fully saturated rings. The Labute approximate surface area is 202 Å². The van der Waals surface area contributed by atoms with Gasteiger partial charge in [-0.3, -0.25) is 19.1 Å². The fourth-order valence-corrected chi connectivity index (χ4v) is 6.50. The van der Waals surface area contributed by atoms with Gasteiger partial charge in [-0.05, 0) is 74.9 Å². The molecule has 3 heterocycles. The average molecular weight is 485 g/mol. The number of aryl methyl sites for hydroxylation is 3. The van der Waals surface area contributed by atoms with Gasteiger partial charge in [0.2, 0.25) is 5.91 Å². The molecule has 1 N–H and O–H groups in total. The third-order valence-electron chi connectivity index (χ3n) is 6.83. The predicted octanol–water partition coefficient (Wildman–Crippen LogP) is 4.33. The molecule has 8 heteroatoms. The molecular formula is C25H29ClN4O2S. The first-order valence-corrected chi connectivity index (χ1v) is 13.1. The number of likely N-dealkylation sites (tertiary alicyclic amines) is 1. The highest BCUT2D eigenvalue weighted by atomic mass is 35.5. The van der Waals surface area contributed by atoms with Crippen molar-refractivity contribution in [2.75, 3.05) is 19.6 Å². The van der Waals surface area contributed by atoms with E-state index in [2.05, 4.69) is 21.3 Å². The molecule has 2 aromatic heterocycles. The van der Waals surface area contributed by atoms with Crippen LogP contribution in [0.4, 0.5) is 0 Å². The fourth-order valence-electron chi connectivity index (χ4n) is 5.09. The summed E-state index contributed by atoms with van der Waals surface area (Å²) in [7, 11) is 0. The molecule has 6 nitrogen and oxygen atoms in total. The van der Waals surface area contributed by atoms with Gasteiger partial charge in [-0.2, -0.15) is 0 Å². The number of halogens is 1. The van der Waals surface area contributed by atoms with Crippen molar-refractivity contribution in [3.05, 3.63) is 62.0 Å². The maximum Gasteiger partial charge on any atom is 0.262 e. The van der Waals surface area contributed by atoms with Crippen LogP contribution in [0.25, 0.3) is 10.2 Å². The molecule has 33 heavy (non-hydrogen) atoms. The van der Waals surface area contributed by atoms with Gasteiger partial charge in [0.25, 0.3) is 5.56 Å². The Morgan fingerprint density at radius 1 is 1.18 bits per heavy atom. The molecule has 1 unspecified atom stereocenters. The van der Waals surface area contributed by atoms with E-state index < -0.39 is 0 Å². The SMILES string of the molecule is O=C(CCn1cnc2sc3c(c2c1=O)CCCC3)NCC(c1cccc(Cl)c1)N1CCCC1. The van der Waals surface area contributed by atoms with Gasteiger partial charge in [0.1, 0.15) is 4.83 Å². The van der Waals surface area contributed by atoms with Gasteiger partial charge < -0.3 is 5.32 Å². The minimum atomic E-state index is -0.0550. The second-order valence-corrected chi connectivity index (χ2v) is 10.5. The van der Waals surface area contributed by atoms with Crippen LogP contribution in [-0.4, -0.2) is 40.0 Å². The quantitative estimate of drug-likeness (QED) is 0.542. The van der Waals surface area contributed by atoms with Crippen LogP contribution >= 0.6 is 22.9 Å². The Morgan fingerprint density at radius 2 is 2.00 bits per heavy atom. The molecule has 1 saturated heterocycles. The largest absolute Gasteiger partial charge is 0.354 e. The Morgan fingerprint density at radius 3 is 2.82 bits per heavy atom. The van der Waals surface area contributed by atoms with Crippen LogP contribution in [0.2, 0.25) is 5.02 Å². The van der Waals surface area contributed by atoms with Gasteiger partial charge >= 0.3 is 0 Å². The highest BCUT2D eigenvalue weighted by molar-refractivity contribution is 7.18. The summed E-state index contributed by atoms with van der Waals surface area (Å²) in [5.41, 5.74) is 2.30. The van der Waals surface area contributed by atoms with E-state index in [0.717, 1.165) is 48.1 Å². The van der Waals surface area contributed by atoms with Gasteiger partial charge in [0.05, 0.1) is 17.8 Å². The van der Waals surface area contributed by atoms with Crippen LogP contribution in [0.5, 0.6) is 0 Å². The number of fused-ring (bicyclic) bond motifs is 3. The first-order chi connectivity index (χ1) is 16.1. The number of thiophene rings is 1.